The predicted octanol–water partition coefficient (Wildman–Crippen LogP) is 4.60. The maximum absolute atomic E-state index is 12.0. The van der Waals surface area contributed by atoms with E-state index in [-0.39, 0.29) is 5.56 Å². The smallest absolute Gasteiger partial charge is 0.250 e. The van der Waals surface area contributed by atoms with Crippen molar-refractivity contribution in [3.8, 4) is 21.6 Å². The number of thiophene rings is 1. The van der Waals surface area contributed by atoms with Crippen molar-refractivity contribution >= 4 is 38.6 Å². The number of hydrogen-bond acceptors (Lipinski definition) is 4. The number of halogens is 1. The lowest BCUT2D eigenvalue weighted by molar-refractivity contribution is 0.607. The summed E-state index contributed by atoms with van der Waals surface area (Å²) in [6, 6.07) is 10.9. The summed E-state index contributed by atoms with van der Waals surface area (Å²) in [7, 11) is -3.35. The van der Waals surface area contributed by atoms with Crippen LogP contribution in [0.3, 0.4) is 0 Å². The molecule has 8 heteroatoms. The number of anilines is 1. The third-order valence-electron chi connectivity index (χ3n) is 4.35. The molecule has 3 aromatic rings. The Morgan fingerprint density at radius 1 is 1.15 bits per heavy atom. The van der Waals surface area contributed by atoms with E-state index in [0.29, 0.717) is 16.8 Å². The van der Waals surface area contributed by atoms with Crippen molar-refractivity contribution in [2.45, 2.75) is 18.9 Å². The Morgan fingerprint density at radius 2 is 1.93 bits per heavy atom. The van der Waals surface area contributed by atoms with Crippen LogP contribution in [-0.2, 0) is 10.0 Å². The summed E-state index contributed by atoms with van der Waals surface area (Å²) in [6.45, 7) is 0. The molecule has 2 heterocycles. The standard InChI is InChI=1S/C19H17ClN2O3S2/c1-27(24,25)21-14-3-6-16(17(20)9-14)18-8-13(11-26-18)12-2-7-19(23)22(10-12)15-4-5-15/h2-3,6-11,15,21H,4-5H2,1H3. The Hall–Kier alpha value is -2.09. The molecule has 1 saturated carbocycles. The molecule has 0 unspecified atom stereocenters. The van der Waals surface area contributed by atoms with Crippen LogP contribution in [0.5, 0.6) is 0 Å². The fraction of sp³-hybridized carbons (Fsp3) is 0.211. The second-order valence-electron chi connectivity index (χ2n) is 6.66. The van der Waals surface area contributed by atoms with Crippen molar-refractivity contribution in [1.29, 1.82) is 0 Å². The molecule has 1 fully saturated rings. The zero-order chi connectivity index (χ0) is 19.2. The highest BCUT2D eigenvalue weighted by atomic mass is 35.5. The Morgan fingerprint density at radius 3 is 2.59 bits per heavy atom. The molecule has 1 aliphatic rings. The monoisotopic (exact) mass is 420 g/mol. The fourth-order valence-corrected chi connectivity index (χ4v) is 4.79. The Kier molecular flexibility index (Phi) is 4.61. The lowest BCUT2D eigenvalue weighted by atomic mass is 10.1. The highest BCUT2D eigenvalue weighted by molar-refractivity contribution is 7.92. The van der Waals surface area contributed by atoms with Crippen LogP contribution in [0.2, 0.25) is 5.02 Å². The van der Waals surface area contributed by atoms with Crippen LogP contribution < -0.4 is 10.3 Å². The number of rotatable bonds is 5. The molecule has 0 radical (unpaired) electrons. The SMILES string of the molecule is CS(=O)(=O)Nc1ccc(-c2cc(-c3ccc(=O)n(C4CC4)c3)cs2)c(Cl)c1. The zero-order valence-electron chi connectivity index (χ0n) is 14.5. The first-order valence-electron chi connectivity index (χ1n) is 8.39. The van der Waals surface area contributed by atoms with Gasteiger partial charge in [0.1, 0.15) is 0 Å². The van der Waals surface area contributed by atoms with E-state index in [4.69, 9.17) is 11.6 Å². The molecule has 140 valence electrons. The molecule has 4 rings (SSSR count). The Bertz CT molecular complexity index is 1180. The van der Waals surface area contributed by atoms with Gasteiger partial charge in [0, 0.05) is 34.4 Å². The van der Waals surface area contributed by atoms with Crippen LogP contribution in [-0.4, -0.2) is 19.2 Å². The van der Waals surface area contributed by atoms with Gasteiger partial charge < -0.3 is 4.57 Å². The summed E-state index contributed by atoms with van der Waals surface area (Å²) in [4.78, 5) is 13.0. The lowest BCUT2D eigenvalue weighted by Crippen LogP contribution is -2.16. The van der Waals surface area contributed by atoms with Crippen LogP contribution in [0.4, 0.5) is 5.69 Å². The summed E-state index contributed by atoms with van der Waals surface area (Å²) < 4.78 is 26.9. The van der Waals surface area contributed by atoms with Gasteiger partial charge in [-0.1, -0.05) is 11.6 Å². The van der Waals surface area contributed by atoms with Gasteiger partial charge in [-0.3, -0.25) is 9.52 Å². The predicted molar refractivity (Wildman–Crippen MR) is 111 cm³/mol. The topological polar surface area (TPSA) is 68.2 Å². The third-order valence-corrected chi connectivity index (χ3v) is 6.23. The molecule has 0 saturated heterocycles. The zero-order valence-corrected chi connectivity index (χ0v) is 16.9. The first kappa shape index (κ1) is 18.3. The summed E-state index contributed by atoms with van der Waals surface area (Å²) in [5, 5.41) is 2.51. The van der Waals surface area contributed by atoms with E-state index in [1.165, 1.54) is 0 Å². The second kappa shape index (κ2) is 6.82. The van der Waals surface area contributed by atoms with Gasteiger partial charge in [-0.2, -0.15) is 0 Å². The van der Waals surface area contributed by atoms with Crippen molar-refractivity contribution < 1.29 is 8.42 Å². The number of nitrogens with one attached hydrogen (secondary N) is 1. The minimum atomic E-state index is -3.35. The highest BCUT2D eigenvalue weighted by Gasteiger charge is 2.24. The van der Waals surface area contributed by atoms with Gasteiger partial charge in [0.15, 0.2) is 0 Å². The summed E-state index contributed by atoms with van der Waals surface area (Å²) in [6.07, 6.45) is 5.14. The number of pyridine rings is 1. The minimum absolute atomic E-state index is 0.0358. The molecule has 1 aromatic carbocycles. The molecule has 0 amide bonds. The minimum Gasteiger partial charge on any atom is -0.312 e. The Labute approximate surface area is 166 Å². The van der Waals surface area contributed by atoms with Gasteiger partial charge in [-0.05, 0) is 59.7 Å². The van der Waals surface area contributed by atoms with E-state index in [2.05, 4.69) is 4.72 Å². The fourth-order valence-electron chi connectivity index (χ4n) is 2.93. The van der Waals surface area contributed by atoms with Gasteiger partial charge in [-0.25, -0.2) is 8.42 Å². The first-order valence-corrected chi connectivity index (χ1v) is 11.5. The van der Waals surface area contributed by atoms with Crippen LogP contribution in [0.1, 0.15) is 18.9 Å². The molecule has 0 spiro atoms. The number of hydrogen-bond donors (Lipinski definition) is 1. The second-order valence-corrected chi connectivity index (χ2v) is 9.73. The molecule has 0 bridgehead atoms. The highest BCUT2D eigenvalue weighted by Crippen LogP contribution is 2.38. The number of nitrogens with zero attached hydrogens (tertiary/aromatic N) is 1. The quantitative estimate of drug-likeness (QED) is 0.655. The molecular weight excluding hydrogens is 404 g/mol. The molecular formula is C19H17ClN2O3S2. The average Bonchev–Trinajstić information content (AvgIpc) is 3.31. The molecule has 5 nitrogen and oxygen atoms in total. The number of aromatic nitrogens is 1. The largest absolute Gasteiger partial charge is 0.312 e. The molecule has 0 aliphatic heterocycles. The van der Waals surface area contributed by atoms with Crippen LogP contribution >= 0.6 is 22.9 Å². The van der Waals surface area contributed by atoms with Crippen LogP contribution in [0, 0.1) is 0 Å². The van der Waals surface area contributed by atoms with Gasteiger partial charge in [0.25, 0.3) is 5.56 Å². The molecule has 1 N–H and O–H groups in total. The maximum atomic E-state index is 12.0. The van der Waals surface area contributed by atoms with E-state index in [0.717, 1.165) is 40.7 Å². The average molecular weight is 421 g/mol. The molecule has 1 aliphatic carbocycles. The van der Waals surface area contributed by atoms with Crippen molar-refractivity contribution in [1.82, 2.24) is 4.57 Å². The normalized spacial score (nSPS) is 14.3. The van der Waals surface area contributed by atoms with Crippen LogP contribution in [0.15, 0.2) is 52.8 Å². The van der Waals surface area contributed by atoms with Crippen LogP contribution in [0.25, 0.3) is 21.6 Å². The van der Waals surface area contributed by atoms with Gasteiger partial charge >= 0.3 is 0 Å². The maximum Gasteiger partial charge on any atom is 0.250 e. The van der Waals surface area contributed by atoms with E-state index >= 15 is 0 Å². The van der Waals surface area contributed by atoms with Gasteiger partial charge in [0.05, 0.1) is 11.3 Å². The van der Waals surface area contributed by atoms with Gasteiger partial charge in [0.2, 0.25) is 10.0 Å². The summed E-state index contributed by atoms with van der Waals surface area (Å²) in [5.41, 5.74) is 3.32. The molecule has 27 heavy (non-hydrogen) atoms. The van der Waals surface area contributed by atoms with Crippen molar-refractivity contribution in [3.05, 3.63) is 63.4 Å². The van der Waals surface area contributed by atoms with Gasteiger partial charge in [-0.15, -0.1) is 11.3 Å². The van der Waals surface area contributed by atoms with Crippen molar-refractivity contribution in [2.75, 3.05) is 11.0 Å². The van der Waals surface area contributed by atoms with Crippen molar-refractivity contribution in [3.63, 3.8) is 0 Å². The Balaban J connectivity index is 1.65. The molecule has 2 aromatic heterocycles. The molecule has 0 atom stereocenters. The van der Waals surface area contributed by atoms with E-state index in [1.807, 2.05) is 28.3 Å². The van der Waals surface area contributed by atoms with E-state index < -0.39 is 10.0 Å². The third kappa shape index (κ3) is 4.10. The van der Waals surface area contributed by atoms with Crippen molar-refractivity contribution in [2.24, 2.45) is 0 Å². The summed E-state index contributed by atoms with van der Waals surface area (Å²) >= 11 is 7.92. The lowest BCUT2D eigenvalue weighted by Gasteiger charge is -2.07. The van der Waals surface area contributed by atoms with E-state index in [1.54, 1.807) is 35.6 Å². The summed E-state index contributed by atoms with van der Waals surface area (Å²) in [5.74, 6) is 0. The first-order chi connectivity index (χ1) is 12.8. The number of sulfonamides is 1. The van der Waals surface area contributed by atoms with E-state index in [9.17, 15) is 13.2 Å². The number of benzene rings is 1.